The molecule has 1 atom stereocenters. The third kappa shape index (κ3) is 3.04. The second-order valence-electron chi connectivity index (χ2n) is 9.51. The van der Waals surface area contributed by atoms with E-state index in [2.05, 4.69) is 32.6 Å². The van der Waals surface area contributed by atoms with Crippen LogP contribution in [-0.2, 0) is 28.3 Å². The number of hydrogen-bond donors (Lipinski definition) is 1. The maximum atomic E-state index is 13.2. The Morgan fingerprint density at radius 1 is 1.22 bits per heavy atom. The molecule has 1 N–H and O–H groups in total. The van der Waals surface area contributed by atoms with Crippen molar-refractivity contribution in [2.45, 2.75) is 52.9 Å². The lowest BCUT2D eigenvalue weighted by molar-refractivity contribution is -0.172. The van der Waals surface area contributed by atoms with Gasteiger partial charge in [-0.2, -0.15) is 0 Å². The van der Waals surface area contributed by atoms with Crippen LogP contribution < -0.4 is 5.56 Å². The number of carbonyl (C=O) groups excluding carboxylic acids is 1. The molecule has 4 heterocycles. The topological polar surface area (TPSA) is 81.4 Å². The fourth-order valence-corrected chi connectivity index (χ4v) is 4.32. The number of aromatic nitrogens is 2. The van der Waals surface area contributed by atoms with Gasteiger partial charge < -0.3 is 14.4 Å². The van der Waals surface area contributed by atoms with Crippen LogP contribution in [0, 0.1) is 17.3 Å². The fourth-order valence-electron chi connectivity index (χ4n) is 4.32. The molecule has 0 amide bonds. The molecule has 6 heteroatoms. The molecule has 0 aliphatic carbocycles. The molecule has 0 saturated heterocycles. The average Bonchev–Trinajstić information content (AvgIpc) is 3.11. The standard InChI is InChI=1S/C26H24N2O4/c1-5-26(31)19-12-21-22-17(13-28(21)23(29)18(19)14-32-24(26)30)11-16-10-15(6-7-20(16)27-22)8-9-25(2,3)4/h6-7,10-12,31H,5,13-14H2,1-4H3/t26-/m0/s1. The van der Waals surface area contributed by atoms with Crippen molar-refractivity contribution >= 4 is 16.9 Å². The summed E-state index contributed by atoms with van der Waals surface area (Å²) in [5, 5.41) is 11.9. The number of hydrogen-bond acceptors (Lipinski definition) is 5. The van der Waals surface area contributed by atoms with Crippen LogP contribution in [0.4, 0.5) is 0 Å². The summed E-state index contributed by atoms with van der Waals surface area (Å²) in [7, 11) is 0. The molecule has 0 spiro atoms. The second-order valence-corrected chi connectivity index (χ2v) is 9.51. The molecule has 0 bridgehead atoms. The van der Waals surface area contributed by atoms with Gasteiger partial charge in [-0.25, -0.2) is 9.78 Å². The number of fused-ring (bicyclic) bond motifs is 5. The van der Waals surface area contributed by atoms with Crippen LogP contribution in [0.2, 0.25) is 0 Å². The first-order chi connectivity index (χ1) is 15.1. The number of aliphatic hydroxyl groups is 1. The van der Waals surface area contributed by atoms with Crippen LogP contribution in [0.15, 0.2) is 35.1 Å². The van der Waals surface area contributed by atoms with E-state index in [0.29, 0.717) is 29.1 Å². The summed E-state index contributed by atoms with van der Waals surface area (Å²) in [5.41, 5.74) is 2.45. The summed E-state index contributed by atoms with van der Waals surface area (Å²) in [6.45, 7) is 8.17. The van der Waals surface area contributed by atoms with E-state index in [0.717, 1.165) is 22.0 Å². The summed E-state index contributed by atoms with van der Waals surface area (Å²) in [5.74, 6) is 5.75. The lowest BCUT2D eigenvalue weighted by Crippen LogP contribution is -2.44. The van der Waals surface area contributed by atoms with Crippen LogP contribution >= 0.6 is 0 Å². The Kier molecular flexibility index (Phi) is 4.34. The molecular formula is C26H24N2O4. The van der Waals surface area contributed by atoms with Crippen molar-refractivity contribution in [2.24, 2.45) is 5.41 Å². The summed E-state index contributed by atoms with van der Waals surface area (Å²) >= 11 is 0. The Morgan fingerprint density at radius 3 is 2.72 bits per heavy atom. The molecule has 2 aliphatic heterocycles. The molecule has 0 saturated carbocycles. The monoisotopic (exact) mass is 428 g/mol. The molecule has 5 rings (SSSR count). The van der Waals surface area contributed by atoms with Crippen molar-refractivity contribution in [2.75, 3.05) is 0 Å². The van der Waals surface area contributed by atoms with Gasteiger partial charge in [-0.15, -0.1) is 0 Å². The van der Waals surface area contributed by atoms with Gasteiger partial charge in [-0.1, -0.05) is 18.8 Å². The summed E-state index contributed by atoms with van der Waals surface area (Å²) in [6, 6.07) is 9.66. The molecule has 3 aromatic rings. The van der Waals surface area contributed by atoms with Gasteiger partial charge in [-0.05, 0) is 57.5 Å². The van der Waals surface area contributed by atoms with Crippen LogP contribution in [0.3, 0.4) is 0 Å². The molecular weight excluding hydrogens is 404 g/mol. The van der Waals surface area contributed by atoms with Gasteiger partial charge >= 0.3 is 5.97 Å². The first kappa shape index (κ1) is 20.5. The van der Waals surface area contributed by atoms with Crippen molar-refractivity contribution in [1.29, 1.82) is 0 Å². The highest BCUT2D eigenvalue weighted by Crippen LogP contribution is 2.38. The summed E-state index contributed by atoms with van der Waals surface area (Å²) in [6.07, 6.45) is 0.123. The van der Waals surface area contributed by atoms with Crippen LogP contribution in [0.5, 0.6) is 0 Å². The fraction of sp³-hybridized carbons (Fsp3) is 0.346. The minimum Gasteiger partial charge on any atom is -0.458 e. The molecule has 2 aromatic heterocycles. The van der Waals surface area contributed by atoms with Crippen molar-refractivity contribution in [3.8, 4) is 23.2 Å². The summed E-state index contributed by atoms with van der Waals surface area (Å²) in [4.78, 5) is 30.3. The zero-order valence-electron chi connectivity index (χ0n) is 18.6. The molecule has 2 aliphatic rings. The van der Waals surface area contributed by atoms with Gasteiger partial charge in [0, 0.05) is 27.5 Å². The number of cyclic esters (lactones) is 1. The maximum Gasteiger partial charge on any atom is 0.343 e. The van der Waals surface area contributed by atoms with Crippen molar-refractivity contribution in [3.05, 3.63) is 62.9 Å². The van der Waals surface area contributed by atoms with Crippen LogP contribution in [0.25, 0.3) is 22.3 Å². The predicted molar refractivity (Wildman–Crippen MR) is 121 cm³/mol. The second kappa shape index (κ2) is 6.78. The molecule has 0 unspecified atom stereocenters. The number of rotatable bonds is 1. The minimum atomic E-state index is -1.82. The Bertz CT molecular complexity index is 1430. The van der Waals surface area contributed by atoms with Gasteiger partial charge in [0.2, 0.25) is 0 Å². The third-order valence-corrected chi connectivity index (χ3v) is 6.09. The molecule has 1 aromatic carbocycles. The van der Waals surface area contributed by atoms with E-state index in [-0.39, 0.29) is 24.0 Å². The van der Waals surface area contributed by atoms with Gasteiger partial charge in [0.05, 0.1) is 29.0 Å². The molecule has 32 heavy (non-hydrogen) atoms. The molecule has 162 valence electrons. The van der Waals surface area contributed by atoms with E-state index < -0.39 is 11.6 Å². The number of benzene rings is 1. The SMILES string of the molecule is CC[C@@]1(O)C(=O)OCc2c1cc1n(c2=O)Cc2cc3cc(C#CC(C)(C)C)ccc3nc2-1. The van der Waals surface area contributed by atoms with Crippen LogP contribution in [0.1, 0.15) is 56.4 Å². The lowest BCUT2D eigenvalue weighted by atomic mass is 9.86. The highest BCUT2D eigenvalue weighted by molar-refractivity contribution is 5.87. The Morgan fingerprint density at radius 2 is 2.00 bits per heavy atom. The predicted octanol–water partition coefficient (Wildman–Crippen LogP) is 3.48. The maximum absolute atomic E-state index is 13.2. The Labute approximate surface area is 185 Å². The van der Waals surface area contributed by atoms with E-state index in [1.54, 1.807) is 17.6 Å². The highest BCUT2D eigenvalue weighted by Gasteiger charge is 2.45. The van der Waals surface area contributed by atoms with Crippen molar-refractivity contribution in [1.82, 2.24) is 9.55 Å². The number of carbonyl (C=O) groups is 1. The molecule has 0 radical (unpaired) electrons. The number of nitrogens with zero attached hydrogens (tertiary/aromatic N) is 2. The lowest BCUT2D eigenvalue weighted by Gasteiger charge is -2.31. The zero-order chi connectivity index (χ0) is 22.8. The summed E-state index contributed by atoms with van der Waals surface area (Å²) < 4.78 is 6.76. The van der Waals surface area contributed by atoms with E-state index in [9.17, 15) is 14.7 Å². The quantitative estimate of drug-likeness (QED) is 0.371. The largest absolute Gasteiger partial charge is 0.458 e. The normalized spacial score (nSPS) is 19.0. The minimum absolute atomic E-state index is 0.0847. The first-order valence-corrected chi connectivity index (χ1v) is 10.7. The number of ether oxygens (including phenoxy) is 1. The van der Waals surface area contributed by atoms with Gasteiger partial charge in [0.25, 0.3) is 5.56 Å². The number of pyridine rings is 2. The zero-order valence-corrected chi connectivity index (χ0v) is 18.6. The smallest absolute Gasteiger partial charge is 0.343 e. The Hall–Kier alpha value is -3.43. The van der Waals surface area contributed by atoms with Crippen molar-refractivity contribution in [3.63, 3.8) is 0 Å². The van der Waals surface area contributed by atoms with Gasteiger partial charge in [0.1, 0.15) is 6.61 Å². The van der Waals surface area contributed by atoms with Crippen molar-refractivity contribution < 1.29 is 14.6 Å². The van der Waals surface area contributed by atoms with E-state index >= 15 is 0 Å². The van der Waals surface area contributed by atoms with E-state index in [4.69, 9.17) is 9.72 Å². The first-order valence-electron chi connectivity index (χ1n) is 10.7. The van der Waals surface area contributed by atoms with E-state index in [1.807, 2.05) is 24.3 Å². The third-order valence-electron chi connectivity index (χ3n) is 6.09. The molecule has 0 fully saturated rings. The van der Waals surface area contributed by atoms with E-state index in [1.165, 1.54) is 0 Å². The average molecular weight is 428 g/mol. The van der Waals surface area contributed by atoms with Gasteiger partial charge in [-0.3, -0.25) is 4.79 Å². The van der Waals surface area contributed by atoms with Crippen LogP contribution in [-0.4, -0.2) is 20.6 Å². The molecule has 6 nitrogen and oxygen atoms in total. The Balaban J connectivity index is 1.66. The van der Waals surface area contributed by atoms with Gasteiger partial charge in [0.15, 0.2) is 5.60 Å². The highest BCUT2D eigenvalue weighted by atomic mass is 16.6. The number of esters is 1.